The highest BCUT2D eigenvalue weighted by Gasteiger charge is 2.39. The fourth-order valence-electron chi connectivity index (χ4n) is 4.24. The third-order valence-electron chi connectivity index (χ3n) is 6.02. The number of allylic oxidation sites excluding steroid dienone is 1. The normalized spacial score (nSPS) is 22.0. The number of benzene rings is 2. The second kappa shape index (κ2) is 7.44. The van der Waals surface area contributed by atoms with Crippen LogP contribution in [-0.4, -0.2) is 5.78 Å². The Bertz CT molecular complexity index is 926. The molecule has 0 saturated carbocycles. The van der Waals surface area contributed by atoms with Crippen molar-refractivity contribution < 1.29 is 4.79 Å². The van der Waals surface area contributed by atoms with Crippen LogP contribution in [0.1, 0.15) is 69.3 Å². The average molecular weight is 392 g/mol. The Kier molecular flexibility index (Phi) is 5.13. The molecule has 0 amide bonds. The lowest BCUT2D eigenvalue weighted by atomic mass is 9.74. The van der Waals surface area contributed by atoms with Crippen LogP contribution in [0.3, 0.4) is 0 Å². The maximum absolute atomic E-state index is 13.2. The molecule has 0 unspecified atom stereocenters. The van der Waals surface area contributed by atoms with Gasteiger partial charge in [-0.2, -0.15) is 0 Å². The molecule has 1 heterocycles. The highest BCUT2D eigenvalue weighted by atomic mass is 32.2. The van der Waals surface area contributed by atoms with Crippen LogP contribution in [0.2, 0.25) is 0 Å². The van der Waals surface area contributed by atoms with E-state index in [0.717, 1.165) is 29.8 Å². The van der Waals surface area contributed by atoms with E-state index in [1.54, 1.807) is 11.8 Å². The fourth-order valence-corrected chi connectivity index (χ4v) is 5.58. The summed E-state index contributed by atoms with van der Waals surface area (Å²) in [4.78, 5) is 14.4. The zero-order valence-corrected chi connectivity index (χ0v) is 18.0. The van der Waals surface area contributed by atoms with Crippen molar-refractivity contribution in [3.8, 4) is 0 Å². The van der Waals surface area contributed by atoms with Gasteiger partial charge < -0.3 is 5.32 Å². The molecule has 0 aromatic heterocycles. The largest absolute Gasteiger partial charge is 0.358 e. The van der Waals surface area contributed by atoms with Crippen LogP contribution in [0.15, 0.2) is 64.7 Å². The minimum atomic E-state index is -0.00215. The molecule has 1 N–H and O–H groups in total. The van der Waals surface area contributed by atoms with Crippen LogP contribution in [0.25, 0.3) is 0 Å². The molecular weight excluding hydrogens is 362 g/mol. The standard InChI is InChI=1S/C25H29NOS/c1-5-16(2)17-10-12-18(13-11-17)24-23-20(14-25(3,4)15-21(23)27)26-19-8-6-7-9-22(19)28-24/h6-13,16,24,26H,5,14-15H2,1-4H3/t16-,24+/m1/s1. The summed E-state index contributed by atoms with van der Waals surface area (Å²) in [5, 5.41) is 3.67. The molecule has 146 valence electrons. The molecule has 4 rings (SSSR count). The summed E-state index contributed by atoms with van der Waals surface area (Å²) in [5.74, 6) is 0.847. The third kappa shape index (κ3) is 3.65. The molecule has 0 fully saturated rings. The summed E-state index contributed by atoms with van der Waals surface area (Å²) in [5.41, 5.74) is 5.78. The number of hydrogen-bond donors (Lipinski definition) is 1. The Balaban J connectivity index is 1.80. The molecule has 0 spiro atoms. The zero-order valence-electron chi connectivity index (χ0n) is 17.2. The number of carbonyl (C=O) groups is 1. The first-order valence-electron chi connectivity index (χ1n) is 10.3. The van der Waals surface area contributed by atoms with Gasteiger partial charge >= 0.3 is 0 Å². The average Bonchev–Trinajstić information content (AvgIpc) is 2.83. The number of ketones is 1. The molecule has 2 aromatic carbocycles. The van der Waals surface area contributed by atoms with E-state index < -0.39 is 0 Å². The lowest BCUT2D eigenvalue weighted by molar-refractivity contribution is -0.118. The summed E-state index contributed by atoms with van der Waals surface area (Å²) in [6.45, 7) is 8.87. The van der Waals surface area contributed by atoms with Crippen molar-refractivity contribution in [2.45, 2.75) is 63.0 Å². The lowest BCUT2D eigenvalue weighted by Gasteiger charge is -2.34. The van der Waals surface area contributed by atoms with Gasteiger partial charge in [-0.15, -0.1) is 11.8 Å². The maximum atomic E-state index is 13.2. The summed E-state index contributed by atoms with van der Waals surface area (Å²) in [6.07, 6.45) is 2.66. The van der Waals surface area contributed by atoms with Gasteiger partial charge in [0.15, 0.2) is 5.78 Å². The molecule has 0 bridgehead atoms. The van der Waals surface area contributed by atoms with Gasteiger partial charge in [0.05, 0.1) is 10.9 Å². The van der Waals surface area contributed by atoms with Gasteiger partial charge in [-0.3, -0.25) is 4.79 Å². The van der Waals surface area contributed by atoms with Gasteiger partial charge in [-0.1, -0.05) is 64.1 Å². The van der Waals surface area contributed by atoms with E-state index in [0.29, 0.717) is 12.3 Å². The quantitative estimate of drug-likeness (QED) is 0.605. The number of fused-ring (bicyclic) bond motifs is 1. The van der Waals surface area contributed by atoms with Crippen LogP contribution < -0.4 is 5.32 Å². The molecule has 2 aromatic rings. The van der Waals surface area contributed by atoms with Crippen molar-refractivity contribution in [1.29, 1.82) is 0 Å². The maximum Gasteiger partial charge on any atom is 0.162 e. The number of rotatable bonds is 3. The van der Waals surface area contributed by atoms with Gasteiger partial charge in [-0.25, -0.2) is 0 Å². The molecule has 28 heavy (non-hydrogen) atoms. The highest BCUT2D eigenvalue weighted by Crippen LogP contribution is 2.51. The van der Waals surface area contributed by atoms with E-state index in [9.17, 15) is 4.79 Å². The van der Waals surface area contributed by atoms with Crippen molar-refractivity contribution in [3.63, 3.8) is 0 Å². The predicted octanol–water partition coefficient (Wildman–Crippen LogP) is 7.10. The van der Waals surface area contributed by atoms with Gasteiger partial charge in [0.25, 0.3) is 0 Å². The Labute approximate surface area is 172 Å². The van der Waals surface area contributed by atoms with Crippen LogP contribution in [0.5, 0.6) is 0 Å². The van der Waals surface area contributed by atoms with E-state index in [1.807, 2.05) is 0 Å². The monoisotopic (exact) mass is 391 g/mol. The highest BCUT2D eigenvalue weighted by molar-refractivity contribution is 8.00. The summed E-state index contributed by atoms with van der Waals surface area (Å²) >= 11 is 1.80. The summed E-state index contributed by atoms with van der Waals surface area (Å²) < 4.78 is 0. The smallest absolute Gasteiger partial charge is 0.162 e. The second-order valence-corrected chi connectivity index (χ2v) is 10.1. The van der Waals surface area contributed by atoms with Crippen molar-refractivity contribution in [1.82, 2.24) is 0 Å². The van der Waals surface area contributed by atoms with Crippen LogP contribution in [-0.2, 0) is 4.79 Å². The SMILES string of the molecule is CC[C@@H](C)c1ccc([C@@H]2Sc3ccccc3NC3=C2C(=O)CC(C)(C)C3)cc1. The number of Topliss-reactive ketones (excluding diaryl/α,β-unsaturated/α-hetero) is 1. The molecule has 3 heteroatoms. The number of anilines is 1. The van der Waals surface area contributed by atoms with Gasteiger partial charge in [-0.05, 0) is 47.4 Å². The van der Waals surface area contributed by atoms with E-state index in [1.165, 1.54) is 16.0 Å². The zero-order chi connectivity index (χ0) is 19.9. The van der Waals surface area contributed by atoms with Crippen LogP contribution >= 0.6 is 11.8 Å². The Hall–Kier alpha value is -2.00. The molecular formula is C25H29NOS. The van der Waals surface area contributed by atoms with Crippen molar-refractivity contribution in [2.24, 2.45) is 5.41 Å². The summed E-state index contributed by atoms with van der Waals surface area (Å²) in [7, 11) is 0. The molecule has 1 aliphatic carbocycles. The Morgan fingerprint density at radius 3 is 2.54 bits per heavy atom. The van der Waals surface area contributed by atoms with Gasteiger partial charge in [0.1, 0.15) is 0 Å². The minimum absolute atomic E-state index is 0.00215. The number of hydrogen-bond acceptors (Lipinski definition) is 3. The first-order valence-corrected chi connectivity index (χ1v) is 11.1. The van der Waals surface area contributed by atoms with Crippen molar-refractivity contribution in [2.75, 3.05) is 5.32 Å². The summed E-state index contributed by atoms with van der Waals surface area (Å²) in [6, 6.07) is 17.3. The van der Waals surface area contributed by atoms with Gasteiger partial charge in [0.2, 0.25) is 0 Å². The fraction of sp³-hybridized carbons (Fsp3) is 0.400. The van der Waals surface area contributed by atoms with Crippen molar-refractivity contribution >= 4 is 23.2 Å². The molecule has 2 atom stereocenters. The van der Waals surface area contributed by atoms with Crippen LogP contribution in [0.4, 0.5) is 5.69 Å². The van der Waals surface area contributed by atoms with E-state index in [2.05, 4.69) is 81.5 Å². The first-order chi connectivity index (χ1) is 13.4. The number of thioether (sulfide) groups is 1. The van der Waals surface area contributed by atoms with Crippen molar-refractivity contribution in [3.05, 3.63) is 70.9 Å². The number of carbonyl (C=O) groups excluding carboxylic acids is 1. The minimum Gasteiger partial charge on any atom is -0.358 e. The van der Waals surface area contributed by atoms with Gasteiger partial charge in [0, 0.05) is 22.6 Å². The third-order valence-corrected chi connectivity index (χ3v) is 7.37. The lowest BCUT2D eigenvalue weighted by Crippen LogP contribution is -2.29. The number of nitrogens with one attached hydrogen (secondary N) is 1. The molecule has 1 aliphatic heterocycles. The van der Waals surface area contributed by atoms with E-state index in [4.69, 9.17) is 0 Å². The molecule has 0 saturated heterocycles. The topological polar surface area (TPSA) is 29.1 Å². The molecule has 2 aliphatic rings. The Morgan fingerprint density at radius 2 is 1.82 bits per heavy atom. The molecule has 0 radical (unpaired) electrons. The first kappa shape index (κ1) is 19.3. The number of para-hydroxylation sites is 1. The molecule has 2 nitrogen and oxygen atoms in total. The Morgan fingerprint density at radius 1 is 1.11 bits per heavy atom. The van der Waals surface area contributed by atoms with E-state index >= 15 is 0 Å². The second-order valence-electron chi connectivity index (χ2n) is 8.93. The van der Waals surface area contributed by atoms with Crippen LogP contribution in [0, 0.1) is 5.41 Å². The van der Waals surface area contributed by atoms with E-state index in [-0.39, 0.29) is 16.4 Å². The predicted molar refractivity (Wildman–Crippen MR) is 119 cm³/mol.